The third-order valence-electron chi connectivity index (χ3n) is 5.26. The van der Waals surface area contributed by atoms with E-state index in [0.29, 0.717) is 13.0 Å². The van der Waals surface area contributed by atoms with E-state index in [-0.39, 0.29) is 42.6 Å². The highest BCUT2D eigenvalue weighted by atomic mass is 35.5. The zero-order valence-electron chi connectivity index (χ0n) is 17.7. The van der Waals surface area contributed by atoms with Crippen LogP contribution in [0.2, 0.25) is 0 Å². The molecule has 8 heteroatoms. The van der Waals surface area contributed by atoms with Crippen LogP contribution in [0.1, 0.15) is 44.7 Å². The number of hydrogen-bond acceptors (Lipinski definition) is 4. The first-order valence-electron chi connectivity index (χ1n) is 9.96. The van der Waals surface area contributed by atoms with Gasteiger partial charge < -0.3 is 20.9 Å². The molecule has 4 atom stereocenters. The van der Waals surface area contributed by atoms with E-state index < -0.39 is 18.1 Å². The summed E-state index contributed by atoms with van der Waals surface area (Å²) in [4.78, 5) is 39.7. The summed E-state index contributed by atoms with van der Waals surface area (Å²) >= 11 is 0. The van der Waals surface area contributed by atoms with Crippen LogP contribution in [-0.2, 0) is 14.4 Å². The molecule has 3 N–H and O–H groups in total. The van der Waals surface area contributed by atoms with Gasteiger partial charge in [0.15, 0.2) is 0 Å². The van der Waals surface area contributed by atoms with Crippen LogP contribution in [0.25, 0.3) is 0 Å². The number of likely N-dealkylation sites (tertiary alicyclic amines) is 1. The van der Waals surface area contributed by atoms with Gasteiger partial charge in [-0.05, 0) is 39.3 Å². The zero-order valence-corrected chi connectivity index (χ0v) is 18.5. The summed E-state index contributed by atoms with van der Waals surface area (Å²) < 4.78 is 0. The Bertz CT molecular complexity index is 765. The number of halogens is 1. The zero-order chi connectivity index (χ0) is 21.4. The summed E-state index contributed by atoms with van der Waals surface area (Å²) in [6.07, 6.45) is 6.80. The smallest absolute Gasteiger partial charge is 0.246 e. The normalized spacial score (nSPS) is 18.3. The maximum Gasteiger partial charge on any atom is 0.246 e. The third kappa shape index (κ3) is 6.48. The van der Waals surface area contributed by atoms with E-state index >= 15 is 0 Å². The van der Waals surface area contributed by atoms with Crippen LogP contribution >= 0.6 is 12.4 Å². The summed E-state index contributed by atoms with van der Waals surface area (Å²) in [5, 5.41) is 8.53. The summed E-state index contributed by atoms with van der Waals surface area (Å²) in [7, 11) is 1.66. The van der Waals surface area contributed by atoms with Crippen molar-refractivity contribution >= 4 is 30.1 Å². The first kappa shape index (κ1) is 25.5. The Labute approximate surface area is 184 Å². The topological polar surface area (TPSA) is 90.5 Å². The average Bonchev–Trinajstić information content (AvgIpc) is 3.22. The van der Waals surface area contributed by atoms with Crippen LogP contribution in [-0.4, -0.2) is 54.3 Å². The Balaban J connectivity index is 0.00000450. The van der Waals surface area contributed by atoms with E-state index in [4.69, 9.17) is 6.42 Å². The molecule has 30 heavy (non-hydrogen) atoms. The Hall–Kier alpha value is -2.56. The number of carbonyl (C=O) groups is 3. The van der Waals surface area contributed by atoms with Crippen LogP contribution < -0.4 is 16.0 Å². The third-order valence-corrected chi connectivity index (χ3v) is 5.26. The lowest BCUT2D eigenvalue weighted by Gasteiger charge is -2.29. The van der Waals surface area contributed by atoms with Gasteiger partial charge in [0.25, 0.3) is 0 Å². The number of hydrogen-bond donors (Lipinski definition) is 3. The van der Waals surface area contributed by atoms with E-state index in [1.165, 1.54) is 0 Å². The van der Waals surface area contributed by atoms with E-state index in [2.05, 4.69) is 21.9 Å². The van der Waals surface area contributed by atoms with Crippen LogP contribution in [0.5, 0.6) is 0 Å². The fourth-order valence-electron chi connectivity index (χ4n) is 3.38. The second-order valence-corrected chi connectivity index (χ2v) is 7.31. The molecular formula is C22H31ClN4O3. The number of nitrogens with one attached hydrogen (secondary N) is 3. The lowest BCUT2D eigenvalue weighted by atomic mass is 10.1. The first-order valence-corrected chi connectivity index (χ1v) is 9.96. The molecule has 0 bridgehead atoms. The van der Waals surface area contributed by atoms with E-state index in [1.807, 2.05) is 37.3 Å². The van der Waals surface area contributed by atoms with Crippen molar-refractivity contribution < 1.29 is 14.4 Å². The fraction of sp³-hybridized carbons (Fsp3) is 0.500. The number of terminal acetylenes is 1. The first-order chi connectivity index (χ1) is 13.9. The lowest BCUT2D eigenvalue weighted by molar-refractivity contribution is -0.141. The van der Waals surface area contributed by atoms with Crippen molar-refractivity contribution in [1.29, 1.82) is 0 Å². The van der Waals surface area contributed by atoms with Gasteiger partial charge in [-0.15, -0.1) is 24.8 Å². The predicted molar refractivity (Wildman–Crippen MR) is 119 cm³/mol. The van der Waals surface area contributed by atoms with Crippen LogP contribution in [0, 0.1) is 12.3 Å². The molecule has 0 saturated carbocycles. The Morgan fingerprint density at radius 1 is 1.20 bits per heavy atom. The van der Waals surface area contributed by atoms with Gasteiger partial charge >= 0.3 is 0 Å². The van der Waals surface area contributed by atoms with Crippen molar-refractivity contribution in [3.05, 3.63) is 35.9 Å². The summed E-state index contributed by atoms with van der Waals surface area (Å²) in [5.74, 6) is 1.63. The highest BCUT2D eigenvalue weighted by Crippen LogP contribution is 2.21. The van der Waals surface area contributed by atoms with Gasteiger partial charge in [0.05, 0.1) is 12.1 Å². The second-order valence-electron chi connectivity index (χ2n) is 7.31. The molecule has 7 nitrogen and oxygen atoms in total. The minimum Gasteiger partial charge on any atom is -0.348 e. The van der Waals surface area contributed by atoms with Gasteiger partial charge in [-0.1, -0.05) is 30.3 Å². The largest absolute Gasteiger partial charge is 0.348 e. The molecule has 0 aliphatic carbocycles. The molecule has 2 rings (SSSR count). The standard InChI is InChI=1S/C22H30N4O3.ClH/c1-5-10-18(25-20(27)16(3)23-4)22(29)26-14-9-13-19(26)21(28)24-15(2)17-11-7-6-8-12-17;/h1,6-8,11-12,15-16,18-19,23H,9-10,13-14H2,2-4H3,(H,24,28)(H,25,27);1H/t15?,16-,18-,19-;/m0./s1. The molecule has 1 fully saturated rings. The van der Waals surface area contributed by atoms with Crippen molar-refractivity contribution in [2.75, 3.05) is 13.6 Å². The summed E-state index contributed by atoms with van der Waals surface area (Å²) in [5.41, 5.74) is 0.996. The predicted octanol–water partition coefficient (Wildman–Crippen LogP) is 1.39. The Morgan fingerprint density at radius 2 is 1.87 bits per heavy atom. The molecule has 1 aliphatic rings. The van der Waals surface area contributed by atoms with Crippen LogP contribution in [0.4, 0.5) is 0 Å². The minimum absolute atomic E-state index is 0. The van der Waals surface area contributed by atoms with Gasteiger partial charge in [-0.3, -0.25) is 14.4 Å². The fourth-order valence-corrected chi connectivity index (χ4v) is 3.38. The van der Waals surface area contributed by atoms with Crippen molar-refractivity contribution in [3.8, 4) is 12.3 Å². The number of carbonyl (C=O) groups excluding carboxylic acids is 3. The number of amides is 3. The van der Waals surface area contributed by atoms with Gasteiger partial charge in [-0.2, -0.15) is 0 Å². The minimum atomic E-state index is -0.844. The number of nitrogens with zero attached hydrogens (tertiary/aromatic N) is 1. The van der Waals surface area contributed by atoms with Crippen molar-refractivity contribution in [3.63, 3.8) is 0 Å². The second kappa shape index (κ2) is 12.2. The molecule has 164 valence electrons. The Kier molecular flexibility index (Phi) is 10.4. The molecule has 1 aromatic carbocycles. The number of benzene rings is 1. The highest BCUT2D eigenvalue weighted by molar-refractivity contribution is 5.93. The molecule has 1 saturated heterocycles. The molecule has 0 spiro atoms. The Morgan fingerprint density at radius 3 is 2.47 bits per heavy atom. The van der Waals surface area contributed by atoms with Crippen LogP contribution in [0.3, 0.4) is 0 Å². The maximum absolute atomic E-state index is 13.1. The molecule has 0 aromatic heterocycles. The SMILES string of the molecule is C#CC[C@H](NC(=O)[C@H](C)NC)C(=O)N1CCC[C@H]1C(=O)NC(C)c1ccccc1.Cl. The average molecular weight is 435 g/mol. The van der Waals surface area contributed by atoms with Gasteiger partial charge in [0.2, 0.25) is 17.7 Å². The highest BCUT2D eigenvalue weighted by Gasteiger charge is 2.38. The maximum atomic E-state index is 13.1. The monoisotopic (exact) mass is 434 g/mol. The number of likely N-dealkylation sites (N-methyl/N-ethyl adjacent to an activating group) is 1. The summed E-state index contributed by atoms with van der Waals surface area (Å²) in [6, 6.07) is 7.63. The summed E-state index contributed by atoms with van der Waals surface area (Å²) in [6.45, 7) is 4.08. The molecule has 1 aliphatic heterocycles. The van der Waals surface area contributed by atoms with E-state index in [9.17, 15) is 14.4 Å². The van der Waals surface area contributed by atoms with Gasteiger partial charge in [0.1, 0.15) is 12.1 Å². The molecule has 0 radical (unpaired) electrons. The van der Waals surface area contributed by atoms with Gasteiger partial charge in [0, 0.05) is 13.0 Å². The van der Waals surface area contributed by atoms with Crippen molar-refractivity contribution in [2.24, 2.45) is 0 Å². The lowest BCUT2D eigenvalue weighted by Crippen LogP contribution is -2.55. The quantitative estimate of drug-likeness (QED) is 0.539. The van der Waals surface area contributed by atoms with Crippen molar-refractivity contribution in [1.82, 2.24) is 20.9 Å². The molecule has 3 amide bonds. The molecular weight excluding hydrogens is 404 g/mol. The van der Waals surface area contributed by atoms with Crippen LogP contribution in [0.15, 0.2) is 30.3 Å². The van der Waals surface area contributed by atoms with E-state index in [1.54, 1.807) is 18.9 Å². The molecule has 1 unspecified atom stereocenters. The van der Waals surface area contributed by atoms with E-state index in [0.717, 1.165) is 12.0 Å². The van der Waals surface area contributed by atoms with Gasteiger partial charge in [-0.25, -0.2) is 0 Å². The molecule has 1 aromatic rings. The van der Waals surface area contributed by atoms with Crippen molar-refractivity contribution in [2.45, 2.75) is 57.3 Å². The molecule has 1 heterocycles. The number of rotatable bonds is 8.